The van der Waals surface area contributed by atoms with E-state index in [1.165, 1.54) is 50.1 Å². The first kappa shape index (κ1) is 34.4. The number of pyridine rings is 1. The van der Waals surface area contributed by atoms with Crippen LogP contribution in [0.5, 0.6) is 0 Å². The van der Waals surface area contributed by atoms with Crippen molar-refractivity contribution < 1.29 is 9.59 Å². The predicted octanol–water partition coefficient (Wildman–Crippen LogP) is 6.75. The zero-order valence-electron chi connectivity index (χ0n) is 30.3. The second-order valence-electron chi connectivity index (χ2n) is 14.4. The molecule has 2 amide bonds. The molecule has 8 rings (SSSR count). The summed E-state index contributed by atoms with van der Waals surface area (Å²) >= 11 is 0. The first-order valence-corrected chi connectivity index (χ1v) is 18.6. The maximum atomic E-state index is 11.5. The van der Waals surface area contributed by atoms with Crippen LogP contribution < -0.4 is 21.3 Å². The Balaban J connectivity index is 0.965. The summed E-state index contributed by atoms with van der Waals surface area (Å²) in [6.45, 7) is 7.50. The van der Waals surface area contributed by atoms with Gasteiger partial charge in [0.1, 0.15) is 0 Å². The Morgan fingerprint density at radius 2 is 1.13 bits per heavy atom. The quantitative estimate of drug-likeness (QED) is 0.112. The molecule has 0 spiro atoms. The van der Waals surface area contributed by atoms with Crippen molar-refractivity contribution in [3.8, 4) is 44.8 Å². The molecule has 6 aromatic rings. The summed E-state index contributed by atoms with van der Waals surface area (Å²) in [6, 6.07) is 35.0. The van der Waals surface area contributed by atoms with E-state index in [1.54, 1.807) is 0 Å². The minimum Gasteiger partial charge on any atom is -0.352 e. The van der Waals surface area contributed by atoms with E-state index in [9.17, 15) is 9.59 Å². The van der Waals surface area contributed by atoms with Gasteiger partial charge >= 0.3 is 0 Å². The Kier molecular flexibility index (Phi) is 9.84. The average molecular weight is 704 g/mol. The first-order valence-electron chi connectivity index (χ1n) is 18.6. The molecule has 268 valence electrons. The molecule has 9 heteroatoms. The third kappa shape index (κ3) is 7.49. The molecule has 4 aromatic carbocycles. The zero-order valence-corrected chi connectivity index (χ0v) is 30.3. The molecule has 2 aliphatic heterocycles. The van der Waals surface area contributed by atoms with Crippen molar-refractivity contribution in [2.24, 2.45) is 0 Å². The Labute approximate surface area is 310 Å². The Bertz CT molecular complexity index is 2280. The van der Waals surface area contributed by atoms with Crippen molar-refractivity contribution in [1.29, 1.82) is 0 Å². The molecule has 0 aliphatic carbocycles. The normalized spacial score (nSPS) is 17.0. The minimum absolute atomic E-state index is 0.145. The van der Waals surface area contributed by atoms with Crippen LogP contribution in [0.4, 0.5) is 0 Å². The Morgan fingerprint density at radius 1 is 0.623 bits per heavy atom. The number of rotatable bonds is 12. The predicted molar refractivity (Wildman–Crippen MR) is 210 cm³/mol. The lowest BCUT2D eigenvalue weighted by Gasteiger charge is -2.17. The molecule has 0 saturated carbocycles. The number of hydrogen-bond donors (Lipinski definition) is 4. The maximum absolute atomic E-state index is 11.5. The molecular formula is C44H45N7O2. The fourth-order valence-electron chi connectivity index (χ4n) is 7.75. The van der Waals surface area contributed by atoms with Gasteiger partial charge in [0.05, 0.1) is 0 Å². The van der Waals surface area contributed by atoms with Gasteiger partial charge in [0.2, 0.25) is 11.8 Å². The Morgan fingerprint density at radius 3 is 1.66 bits per heavy atom. The van der Waals surface area contributed by atoms with Crippen LogP contribution in [-0.2, 0) is 22.7 Å². The standard InChI is InChI=1S/C44H45N7O2/c1-28-37(32-13-9-30(10-14-32)24-45-26-35-17-19-42(52)47-35)5-3-7-39(28)40-8-4-6-38(29(40)2)34-21-22-51-41(23-34)49-50-44(51)33-15-11-31(12-16-33)25-46-27-36-18-20-43(53)48-36/h3-16,21-23,35-36,45-46H,17-20,24-27H2,1-2H3,(H,47,52)(H,48,53)/t35-,36-/m0/s1. The molecule has 9 nitrogen and oxygen atoms in total. The molecule has 2 atom stereocenters. The van der Waals surface area contributed by atoms with Gasteiger partial charge in [-0.25, -0.2) is 0 Å². The number of carbonyl (C=O) groups is 2. The Hall–Kier alpha value is -5.64. The summed E-state index contributed by atoms with van der Waals surface area (Å²) in [4.78, 5) is 23.0. The second-order valence-corrected chi connectivity index (χ2v) is 14.4. The van der Waals surface area contributed by atoms with Crippen molar-refractivity contribution >= 4 is 17.5 Å². The van der Waals surface area contributed by atoms with Gasteiger partial charge < -0.3 is 21.3 Å². The third-order valence-corrected chi connectivity index (χ3v) is 10.8. The van der Waals surface area contributed by atoms with Gasteiger partial charge in [-0.1, -0.05) is 84.9 Å². The topological polar surface area (TPSA) is 112 Å². The molecule has 0 radical (unpaired) electrons. The SMILES string of the molecule is Cc1c(-c2ccc(CNC[C@@H]3CCC(=O)N3)cc2)cccc1-c1cccc(-c2ccn3c(-c4ccc(CNC[C@@H]5CCC(=O)N5)cc4)nnc3c2)c1C. The van der Waals surface area contributed by atoms with Gasteiger partial charge in [-0.15, -0.1) is 10.2 Å². The maximum Gasteiger partial charge on any atom is 0.220 e. The lowest BCUT2D eigenvalue weighted by Crippen LogP contribution is -2.35. The van der Waals surface area contributed by atoms with Crippen molar-refractivity contribution in [3.05, 3.63) is 126 Å². The molecule has 2 aliphatic rings. The molecule has 53 heavy (non-hydrogen) atoms. The van der Waals surface area contributed by atoms with Gasteiger partial charge in [-0.3, -0.25) is 14.0 Å². The highest BCUT2D eigenvalue weighted by molar-refractivity contribution is 5.84. The minimum atomic E-state index is 0.145. The summed E-state index contributed by atoms with van der Waals surface area (Å²) < 4.78 is 2.04. The van der Waals surface area contributed by atoms with Gasteiger partial charge in [0.15, 0.2) is 11.5 Å². The average Bonchev–Trinajstić information content (AvgIpc) is 3.92. The highest BCUT2D eigenvalue weighted by atomic mass is 16.2. The number of aromatic nitrogens is 3. The van der Waals surface area contributed by atoms with E-state index in [4.69, 9.17) is 0 Å². The lowest BCUT2D eigenvalue weighted by molar-refractivity contribution is -0.120. The molecular weight excluding hydrogens is 659 g/mol. The highest BCUT2D eigenvalue weighted by Gasteiger charge is 2.21. The fourth-order valence-corrected chi connectivity index (χ4v) is 7.75. The summed E-state index contributed by atoms with van der Waals surface area (Å²) in [7, 11) is 0. The van der Waals surface area contributed by atoms with Crippen LogP contribution in [0, 0.1) is 13.8 Å². The zero-order chi connectivity index (χ0) is 36.3. The van der Waals surface area contributed by atoms with E-state index in [0.717, 1.165) is 61.6 Å². The van der Waals surface area contributed by atoms with Crippen LogP contribution in [0.25, 0.3) is 50.4 Å². The van der Waals surface area contributed by atoms with E-state index >= 15 is 0 Å². The molecule has 2 aromatic heterocycles. The van der Waals surface area contributed by atoms with Crippen molar-refractivity contribution in [3.63, 3.8) is 0 Å². The van der Waals surface area contributed by atoms with Gasteiger partial charge in [0, 0.05) is 62.9 Å². The monoisotopic (exact) mass is 703 g/mol. The van der Waals surface area contributed by atoms with E-state index in [1.807, 2.05) is 4.40 Å². The van der Waals surface area contributed by atoms with Crippen molar-refractivity contribution in [1.82, 2.24) is 35.9 Å². The molecule has 0 bridgehead atoms. The second kappa shape index (κ2) is 15.1. The molecule has 2 saturated heterocycles. The van der Waals surface area contributed by atoms with Crippen LogP contribution in [0.1, 0.15) is 47.9 Å². The molecule has 2 fully saturated rings. The van der Waals surface area contributed by atoms with E-state index in [0.29, 0.717) is 12.8 Å². The number of carbonyl (C=O) groups excluding carboxylic acids is 2. The van der Waals surface area contributed by atoms with E-state index in [-0.39, 0.29) is 23.9 Å². The highest BCUT2D eigenvalue weighted by Crippen LogP contribution is 2.37. The van der Waals surface area contributed by atoms with Crippen LogP contribution in [-0.4, -0.2) is 51.6 Å². The number of nitrogens with one attached hydrogen (secondary N) is 4. The first-order chi connectivity index (χ1) is 25.9. The smallest absolute Gasteiger partial charge is 0.220 e. The van der Waals surface area contributed by atoms with Gasteiger partial charge in [0.25, 0.3) is 0 Å². The van der Waals surface area contributed by atoms with Crippen LogP contribution in [0.2, 0.25) is 0 Å². The van der Waals surface area contributed by atoms with Crippen molar-refractivity contribution in [2.75, 3.05) is 13.1 Å². The van der Waals surface area contributed by atoms with Gasteiger partial charge in [-0.2, -0.15) is 0 Å². The van der Waals surface area contributed by atoms with E-state index in [2.05, 4.69) is 149 Å². The third-order valence-electron chi connectivity index (χ3n) is 10.8. The molecule has 4 N–H and O–H groups in total. The van der Waals surface area contributed by atoms with Crippen LogP contribution in [0.15, 0.2) is 103 Å². The van der Waals surface area contributed by atoms with E-state index < -0.39 is 0 Å². The lowest BCUT2D eigenvalue weighted by atomic mass is 9.88. The summed E-state index contributed by atoms with van der Waals surface area (Å²) in [5, 5.41) is 22.1. The number of benzene rings is 4. The largest absolute Gasteiger partial charge is 0.352 e. The van der Waals surface area contributed by atoms with Crippen molar-refractivity contribution in [2.45, 2.75) is 64.7 Å². The number of nitrogens with zero attached hydrogens (tertiary/aromatic N) is 3. The number of fused-ring (bicyclic) bond motifs is 1. The summed E-state index contributed by atoms with van der Waals surface area (Å²) in [6.07, 6.45) is 5.12. The fraction of sp³-hybridized carbons (Fsp3) is 0.273. The summed E-state index contributed by atoms with van der Waals surface area (Å²) in [5.41, 5.74) is 13.8. The number of amides is 2. The van der Waals surface area contributed by atoms with Crippen LogP contribution >= 0.6 is 0 Å². The molecule has 4 heterocycles. The van der Waals surface area contributed by atoms with Crippen LogP contribution in [0.3, 0.4) is 0 Å². The molecule has 0 unspecified atom stereocenters. The summed E-state index contributed by atoms with van der Waals surface area (Å²) in [5.74, 6) is 1.10. The van der Waals surface area contributed by atoms with Gasteiger partial charge in [-0.05, 0) is 94.5 Å². The number of hydrogen-bond acceptors (Lipinski definition) is 6.